The van der Waals surface area contributed by atoms with E-state index in [1.807, 2.05) is 0 Å². The van der Waals surface area contributed by atoms with E-state index in [1.54, 1.807) is 0 Å². The third-order valence-electron chi connectivity index (χ3n) is 3.17. The highest BCUT2D eigenvalue weighted by molar-refractivity contribution is 4.66. The highest BCUT2D eigenvalue weighted by Gasteiger charge is 2.13. The van der Waals surface area contributed by atoms with Crippen LogP contribution in [0.2, 0.25) is 0 Å². The molecule has 102 valence electrons. The summed E-state index contributed by atoms with van der Waals surface area (Å²) in [7, 11) is 0. The van der Waals surface area contributed by atoms with Crippen LogP contribution in [-0.2, 0) is 4.74 Å². The maximum atomic E-state index is 5.65. The molecule has 0 aromatic heterocycles. The third-order valence-corrected chi connectivity index (χ3v) is 3.17. The lowest BCUT2D eigenvalue weighted by Gasteiger charge is -2.21. The standard InChI is InChI=1S/C14H30N2O/c1-13(2)11-15-7-4-5-8-16-9-6-10-17-14(3)12-16/h13-15H,4-12H2,1-3H3. The van der Waals surface area contributed by atoms with Crippen LogP contribution in [0.1, 0.15) is 40.0 Å². The summed E-state index contributed by atoms with van der Waals surface area (Å²) in [5.41, 5.74) is 0. The second-order valence-electron chi connectivity index (χ2n) is 5.64. The highest BCUT2D eigenvalue weighted by Crippen LogP contribution is 2.06. The summed E-state index contributed by atoms with van der Waals surface area (Å²) in [6, 6.07) is 0. The first-order valence-corrected chi connectivity index (χ1v) is 7.23. The molecule has 1 atom stereocenters. The zero-order valence-electron chi connectivity index (χ0n) is 11.9. The van der Waals surface area contributed by atoms with E-state index in [0.717, 1.165) is 32.2 Å². The van der Waals surface area contributed by atoms with Crippen molar-refractivity contribution in [2.24, 2.45) is 5.92 Å². The number of hydrogen-bond donors (Lipinski definition) is 1. The van der Waals surface area contributed by atoms with Gasteiger partial charge in [0.05, 0.1) is 6.10 Å². The van der Waals surface area contributed by atoms with E-state index in [4.69, 9.17) is 4.74 Å². The lowest BCUT2D eigenvalue weighted by Crippen LogP contribution is -2.31. The van der Waals surface area contributed by atoms with Gasteiger partial charge in [-0.2, -0.15) is 0 Å². The lowest BCUT2D eigenvalue weighted by atomic mass is 10.2. The normalized spacial score (nSPS) is 22.9. The molecular weight excluding hydrogens is 212 g/mol. The molecule has 0 aromatic rings. The molecule has 17 heavy (non-hydrogen) atoms. The lowest BCUT2D eigenvalue weighted by molar-refractivity contribution is 0.0675. The topological polar surface area (TPSA) is 24.5 Å². The molecule has 1 saturated heterocycles. The fraction of sp³-hybridized carbons (Fsp3) is 1.00. The van der Waals surface area contributed by atoms with Gasteiger partial charge in [0.25, 0.3) is 0 Å². The van der Waals surface area contributed by atoms with Crippen molar-refractivity contribution in [3.63, 3.8) is 0 Å². The molecule has 0 radical (unpaired) electrons. The first kappa shape index (κ1) is 14.9. The molecule has 1 N–H and O–H groups in total. The van der Waals surface area contributed by atoms with Gasteiger partial charge in [-0.1, -0.05) is 13.8 Å². The smallest absolute Gasteiger partial charge is 0.0673 e. The molecule has 0 bridgehead atoms. The molecule has 3 heteroatoms. The van der Waals surface area contributed by atoms with Crippen LogP contribution in [0.15, 0.2) is 0 Å². The average molecular weight is 242 g/mol. The molecule has 1 aliphatic rings. The summed E-state index contributed by atoms with van der Waals surface area (Å²) in [6.07, 6.45) is 4.20. The van der Waals surface area contributed by atoms with Crippen molar-refractivity contribution in [3.05, 3.63) is 0 Å². The Labute approximate surface area is 107 Å². The largest absolute Gasteiger partial charge is 0.377 e. The minimum absolute atomic E-state index is 0.413. The maximum Gasteiger partial charge on any atom is 0.0673 e. The van der Waals surface area contributed by atoms with Crippen LogP contribution in [0.25, 0.3) is 0 Å². The number of hydrogen-bond acceptors (Lipinski definition) is 3. The monoisotopic (exact) mass is 242 g/mol. The number of nitrogens with one attached hydrogen (secondary N) is 1. The number of ether oxygens (including phenoxy) is 1. The molecule has 0 aliphatic carbocycles. The van der Waals surface area contributed by atoms with Crippen molar-refractivity contribution < 1.29 is 4.74 Å². The van der Waals surface area contributed by atoms with Gasteiger partial charge in [0.15, 0.2) is 0 Å². The number of nitrogens with zero attached hydrogens (tertiary/aromatic N) is 1. The van der Waals surface area contributed by atoms with Gasteiger partial charge in [0.1, 0.15) is 0 Å². The number of rotatable bonds is 7. The molecule has 1 rings (SSSR count). The van der Waals surface area contributed by atoms with Gasteiger partial charge < -0.3 is 15.0 Å². The van der Waals surface area contributed by atoms with Gasteiger partial charge in [-0.3, -0.25) is 0 Å². The molecule has 1 unspecified atom stereocenters. The van der Waals surface area contributed by atoms with Crippen LogP contribution in [0.4, 0.5) is 0 Å². The first-order chi connectivity index (χ1) is 8.18. The zero-order chi connectivity index (χ0) is 12.5. The van der Waals surface area contributed by atoms with Crippen LogP contribution in [0, 0.1) is 5.92 Å². The van der Waals surface area contributed by atoms with Crippen molar-refractivity contribution >= 4 is 0 Å². The van der Waals surface area contributed by atoms with Crippen LogP contribution >= 0.6 is 0 Å². The highest BCUT2D eigenvalue weighted by atomic mass is 16.5. The predicted octanol–water partition coefficient (Wildman–Crippen LogP) is 2.12. The molecule has 1 heterocycles. The molecule has 1 fully saturated rings. The van der Waals surface area contributed by atoms with Crippen LogP contribution in [0.5, 0.6) is 0 Å². The SMILES string of the molecule is CC(C)CNCCCCN1CCCOC(C)C1. The van der Waals surface area contributed by atoms with E-state index in [2.05, 4.69) is 31.0 Å². The van der Waals surface area contributed by atoms with Crippen LogP contribution < -0.4 is 5.32 Å². The minimum Gasteiger partial charge on any atom is -0.377 e. The van der Waals surface area contributed by atoms with Crippen molar-refractivity contribution in [1.82, 2.24) is 10.2 Å². The van der Waals surface area contributed by atoms with Crippen molar-refractivity contribution in [2.45, 2.75) is 46.1 Å². The van der Waals surface area contributed by atoms with E-state index in [0.29, 0.717) is 6.10 Å². The minimum atomic E-state index is 0.413. The summed E-state index contributed by atoms with van der Waals surface area (Å²) in [5, 5.41) is 3.50. The van der Waals surface area contributed by atoms with Crippen molar-refractivity contribution in [2.75, 3.05) is 39.3 Å². The van der Waals surface area contributed by atoms with Gasteiger partial charge in [0, 0.05) is 19.7 Å². The van der Waals surface area contributed by atoms with Crippen LogP contribution in [-0.4, -0.2) is 50.3 Å². The zero-order valence-corrected chi connectivity index (χ0v) is 11.9. The van der Waals surface area contributed by atoms with Gasteiger partial charge >= 0.3 is 0 Å². The fourth-order valence-electron chi connectivity index (χ4n) is 2.26. The van der Waals surface area contributed by atoms with Crippen molar-refractivity contribution in [1.29, 1.82) is 0 Å². The average Bonchev–Trinajstić information content (AvgIpc) is 2.47. The Morgan fingerprint density at radius 1 is 1.35 bits per heavy atom. The van der Waals surface area contributed by atoms with E-state index in [1.165, 1.54) is 32.4 Å². The Balaban J connectivity index is 1.97. The Kier molecular flexibility index (Phi) is 7.82. The summed E-state index contributed by atoms with van der Waals surface area (Å²) in [6.45, 7) is 13.5. The molecular formula is C14H30N2O. The number of unbranched alkanes of at least 4 members (excludes halogenated alkanes) is 1. The van der Waals surface area contributed by atoms with Crippen molar-refractivity contribution in [3.8, 4) is 0 Å². The quantitative estimate of drug-likeness (QED) is 0.692. The van der Waals surface area contributed by atoms with E-state index >= 15 is 0 Å². The van der Waals surface area contributed by atoms with E-state index < -0.39 is 0 Å². The Bertz CT molecular complexity index is 185. The second-order valence-corrected chi connectivity index (χ2v) is 5.64. The molecule has 3 nitrogen and oxygen atoms in total. The predicted molar refractivity (Wildman–Crippen MR) is 73.4 cm³/mol. The Morgan fingerprint density at radius 2 is 2.18 bits per heavy atom. The van der Waals surface area contributed by atoms with Gasteiger partial charge in [-0.15, -0.1) is 0 Å². The van der Waals surface area contributed by atoms with Crippen LogP contribution in [0.3, 0.4) is 0 Å². The van der Waals surface area contributed by atoms with E-state index in [-0.39, 0.29) is 0 Å². The summed E-state index contributed by atoms with van der Waals surface area (Å²) < 4.78 is 5.65. The van der Waals surface area contributed by atoms with Gasteiger partial charge in [-0.05, 0) is 51.7 Å². The summed E-state index contributed by atoms with van der Waals surface area (Å²) in [5.74, 6) is 0.763. The maximum absolute atomic E-state index is 5.65. The molecule has 0 amide bonds. The van der Waals surface area contributed by atoms with Gasteiger partial charge in [-0.25, -0.2) is 0 Å². The van der Waals surface area contributed by atoms with Gasteiger partial charge in [0.2, 0.25) is 0 Å². The molecule has 1 aliphatic heterocycles. The first-order valence-electron chi connectivity index (χ1n) is 7.23. The Morgan fingerprint density at radius 3 is 2.94 bits per heavy atom. The third kappa shape index (κ3) is 7.74. The summed E-state index contributed by atoms with van der Waals surface area (Å²) in [4.78, 5) is 2.56. The molecule has 0 saturated carbocycles. The summed E-state index contributed by atoms with van der Waals surface area (Å²) >= 11 is 0. The Hall–Kier alpha value is -0.120. The van der Waals surface area contributed by atoms with E-state index in [9.17, 15) is 0 Å². The second kappa shape index (κ2) is 8.90. The molecule has 0 aromatic carbocycles. The molecule has 0 spiro atoms. The fourth-order valence-corrected chi connectivity index (χ4v) is 2.26.